The third-order valence-electron chi connectivity index (χ3n) is 4.12. The predicted molar refractivity (Wildman–Crippen MR) is 92.5 cm³/mol. The Labute approximate surface area is 143 Å². The van der Waals surface area contributed by atoms with Crippen molar-refractivity contribution >= 4 is 23.2 Å². The number of rotatable bonds is 2. The van der Waals surface area contributed by atoms with Crippen molar-refractivity contribution in [2.45, 2.75) is 13.5 Å². The van der Waals surface area contributed by atoms with E-state index in [1.165, 1.54) is 0 Å². The molecule has 1 aliphatic rings. The molecular weight excluding hydrogens is 326 g/mol. The third-order valence-corrected chi connectivity index (χ3v) is 4.53. The van der Waals surface area contributed by atoms with E-state index in [1.807, 2.05) is 37.3 Å². The highest BCUT2D eigenvalue weighted by Crippen LogP contribution is 2.37. The van der Waals surface area contributed by atoms with Crippen LogP contribution in [0.1, 0.15) is 21.6 Å². The average Bonchev–Trinajstić information content (AvgIpc) is 3.03. The fraction of sp³-hybridized carbons (Fsp3) is 0.111. The zero-order valence-electron chi connectivity index (χ0n) is 12.9. The van der Waals surface area contributed by atoms with Crippen LogP contribution >= 0.6 is 11.6 Å². The van der Waals surface area contributed by atoms with Crippen LogP contribution in [0.4, 0.5) is 5.69 Å². The van der Waals surface area contributed by atoms with Crippen LogP contribution in [0.5, 0.6) is 5.75 Å². The molecule has 2 N–H and O–H groups in total. The van der Waals surface area contributed by atoms with Crippen molar-refractivity contribution in [1.29, 1.82) is 0 Å². The number of amides is 1. The number of hydrogen-bond donors (Lipinski definition) is 2. The maximum absolute atomic E-state index is 12.6. The standard InChI is InChI=1S/C18H14ClN3O2/c1-10-13(19)6-4-7-14(10)20-18(23)17-12-9-24-15-8-3-2-5-11(15)16(12)21-22-17/h2-8H,9H2,1H3,(H,20,23)(H,21,22). The lowest BCUT2D eigenvalue weighted by Gasteiger charge is -2.17. The van der Waals surface area contributed by atoms with Crippen LogP contribution in [0, 0.1) is 6.92 Å². The molecule has 120 valence electrons. The van der Waals surface area contributed by atoms with Gasteiger partial charge in [-0.2, -0.15) is 5.10 Å². The molecule has 0 bridgehead atoms. The van der Waals surface area contributed by atoms with Crippen molar-refractivity contribution in [2.75, 3.05) is 5.32 Å². The molecule has 0 fully saturated rings. The summed E-state index contributed by atoms with van der Waals surface area (Å²) < 4.78 is 5.73. The molecule has 0 radical (unpaired) electrons. The Kier molecular flexibility index (Phi) is 3.50. The first-order valence-corrected chi connectivity index (χ1v) is 7.89. The number of halogens is 1. The number of anilines is 1. The Morgan fingerprint density at radius 3 is 2.96 bits per heavy atom. The molecular formula is C18H14ClN3O2. The minimum Gasteiger partial charge on any atom is -0.488 e. The molecule has 0 saturated heterocycles. The van der Waals surface area contributed by atoms with Crippen molar-refractivity contribution < 1.29 is 9.53 Å². The SMILES string of the molecule is Cc1c(Cl)cccc1NC(=O)c1[nH]nc2c1COc1ccccc1-2. The van der Waals surface area contributed by atoms with Crippen LogP contribution < -0.4 is 10.1 Å². The monoisotopic (exact) mass is 339 g/mol. The molecule has 5 nitrogen and oxygen atoms in total. The topological polar surface area (TPSA) is 67.0 Å². The number of para-hydroxylation sites is 1. The lowest BCUT2D eigenvalue weighted by Crippen LogP contribution is -2.17. The zero-order chi connectivity index (χ0) is 16.7. The highest BCUT2D eigenvalue weighted by molar-refractivity contribution is 6.31. The molecule has 0 saturated carbocycles. The minimum absolute atomic E-state index is 0.267. The van der Waals surface area contributed by atoms with Crippen LogP contribution in [0.25, 0.3) is 11.3 Å². The van der Waals surface area contributed by atoms with Crippen LogP contribution in [0.2, 0.25) is 5.02 Å². The van der Waals surface area contributed by atoms with E-state index in [0.29, 0.717) is 23.0 Å². The van der Waals surface area contributed by atoms with Crippen molar-refractivity contribution in [1.82, 2.24) is 10.2 Å². The number of nitrogens with one attached hydrogen (secondary N) is 2. The van der Waals surface area contributed by atoms with Gasteiger partial charge in [-0.05, 0) is 36.8 Å². The number of ether oxygens (including phenoxy) is 1. The summed E-state index contributed by atoms with van der Waals surface area (Å²) in [7, 11) is 0. The summed E-state index contributed by atoms with van der Waals surface area (Å²) in [5.41, 5.74) is 4.29. The highest BCUT2D eigenvalue weighted by Gasteiger charge is 2.26. The van der Waals surface area contributed by atoms with Gasteiger partial charge in [-0.1, -0.05) is 29.8 Å². The van der Waals surface area contributed by atoms with Crippen LogP contribution in [-0.4, -0.2) is 16.1 Å². The second kappa shape index (κ2) is 5.69. The molecule has 24 heavy (non-hydrogen) atoms. The van der Waals surface area contributed by atoms with E-state index in [4.69, 9.17) is 16.3 Å². The number of benzene rings is 2. The maximum atomic E-state index is 12.6. The molecule has 2 heterocycles. The smallest absolute Gasteiger partial charge is 0.274 e. The summed E-state index contributed by atoms with van der Waals surface area (Å²) in [6.45, 7) is 2.17. The molecule has 4 rings (SSSR count). The van der Waals surface area contributed by atoms with Gasteiger partial charge in [0.25, 0.3) is 5.91 Å². The minimum atomic E-state index is -0.267. The summed E-state index contributed by atoms with van der Waals surface area (Å²) >= 11 is 6.10. The summed E-state index contributed by atoms with van der Waals surface area (Å²) in [5.74, 6) is 0.506. The molecule has 2 aromatic carbocycles. The van der Waals surface area contributed by atoms with Crippen molar-refractivity contribution in [2.24, 2.45) is 0 Å². The first-order valence-electron chi connectivity index (χ1n) is 7.51. The van der Waals surface area contributed by atoms with E-state index in [0.717, 1.165) is 28.1 Å². The van der Waals surface area contributed by atoms with E-state index < -0.39 is 0 Å². The normalized spacial score (nSPS) is 12.1. The van der Waals surface area contributed by atoms with Gasteiger partial charge < -0.3 is 10.1 Å². The maximum Gasteiger partial charge on any atom is 0.274 e. The van der Waals surface area contributed by atoms with Crippen molar-refractivity contribution in [3.8, 4) is 17.0 Å². The number of hydrogen-bond acceptors (Lipinski definition) is 3. The Morgan fingerprint density at radius 2 is 2.08 bits per heavy atom. The number of aromatic nitrogens is 2. The van der Waals surface area contributed by atoms with Crippen molar-refractivity contribution in [3.05, 3.63) is 64.3 Å². The van der Waals surface area contributed by atoms with Gasteiger partial charge >= 0.3 is 0 Å². The van der Waals surface area contributed by atoms with Gasteiger partial charge in [-0.15, -0.1) is 0 Å². The fourth-order valence-corrected chi connectivity index (χ4v) is 2.96. The van der Waals surface area contributed by atoms with Crippen LogP contribution in [0.3, 0.4) is 0 Å². The molecule has 0 spiro atoms. The van der Waals surface area contributed by atoms with Crippen molar-refractivity contribution in [3.63, 3.8) is 0 Å². The molecule has 0 atom stereocenters. The lowest BCUT2D eigenvalue weighted by molar-refractivity contribution is 0.101. The van der Waals surface area contributed by atoms with Gasteiger partial charge in [-0.3, -0.25) is 9.89 Å². The van der Waals surface area contributed by atoms with E-state index in [-0.39, 0.29) is 5.91 Å². The van der Waals surface area contributed by atoms with Gasteiger partial charge in [-0.25, -0.2) is 0 Å². The second-order valence-electron chi connectivity index (χ2n) is 5.58. The summed E-state index contributed by atoms with van der Waals surface area (Å²) in [6, 6.07) is 13.0. The fourth-order valence-electron chi connectivity index (χ4n) is 2.78. The van der Waals surface area contributed by atoms with Crippen LogP contribution in [0.15, 0.2) is 42.5 Å². The number of carbonyl (C=O) groups is 1. The molecule has 0 aliphatic carbocycles. The predicted octanol–water partition coefficient (Wildman–Crippen LogP) is 4.18. The molecule has 1 aliphatic heterocycles. The summed E-state index contributed by atoms with van der Waals surface area (Å²) in [5, 5.41) is 10.6. The average molecular weight is 340 g/mol. The van der Waals surface area contributed by atoms with E-state index in [2.05, 4.69) is 15.5 Å². The quantitative estimate of drug-likeness (QED) is 0.736. The van der Waals surface area contributed by atoms with Gasteiger partial charge in [0.2, 0.25) is 0 Å². The summed E-state index contributed by atoms with van der Waals surface area (Å²) in [6.07, 6.45) is 0. The van der Waals surface area contributed by atoms with Gasteiger partial charge in [0.1, 0.15) is 23.7 Å². The van der Waals surface area contributed by atoms with E-state index in [9.17, 15) is 4.79 Å². The number of nitrogens with zero attached hydrogens (tertiary/aromatic N) is 1. The first-order chi connectivity index (χ1) is 11.6. The van der Waals surface area contributed by atoms with Gasteiger partial charge in [0, 0.05) is 21.8 Å². The van der Waals surface area contributed by atoms with Crippen LogP contribution in [-0.2, 0) is 6.61 Å². The zero-order valence-corrected chi connectivity index (χ0v) is 13.6. The molecule has 0 unspecified atom stereocenters. The Bertz CT molecular complexity index is 949. The third kappa shape index (κ3) is 2.34. The number of H-pyrrole nitrogens is 1. The molecule has 3 aromatic rings. The Hall–Kier alpha value is -2.79. The Balaban J connectivity index is 1.68. The van der Waals surface area contributed by atoms with Gasteiger partial charge in [0.15, 0.2) is 0 Å². The largest absolute Gasteiger partial charge is 0.488 e. The Morgan fingerprint density at radius 1 is 1.25 bits per heavy atom. The molecule has 6 heteroatoms. The summed E-state index contributed by atoms with van der Waals surface area (Å²) in [4.78, 5) is 12.6. The lowest BCUT2D eigenvalue weighted by atomic mass is 10.0. The highest BCUT2D eigenvalue weighted by atomic mass is 35.5. The molecule has 1 aromatic heterocycles. The van der Waals surface area contributed by atoms with Gasteiger partial charge in [0.05, 0.1) is 0 Å². The van der Waals surface area contributed by atoms with E-state index in [1.54, 1.807) is 12.1 Å². The number of aromatic amines is 1. The number of carbonyl (C=O) groups excluding carboxylic acids is 1. The number of fused-ring (bicyclic) bond motifs is 3. The second-order valence-corrected chi connectivity index (χ2v) is 5.98. The first kappa shape index (κ1) is 14.8. The van der Waals surface area contributed by atoms with E-state index >= 15 is 0 Å². The molecule has 1 amide bonds.